The smallest absolute Gasteiger partial charge is 0.253 e. The largest absolute Gasteiger partial charge is 0.356 e. The van der Waals surface area contributed by atoms with Crippen molar-refractivity contribution in [3.63, 3.8) is 0 Å². The molecule has 1 fully saturated rings. The van der Waals surface area contributed by atoms with Crippen molar-refractivity contribution >= 4 is 23.2 Å². The minimum absolute atomic E-state index is 0.0358. The molecule has 1 aromatic heterocycles. The summed E-state index contributed by atoms with van der Waals surface area (Å²) < 4.78 is 0. The number of amides is 1. The molecule has 162 valence electrons. The minimum atomic E-state index is 0.0358. The number of guanidine groups is 1. The number of nitrogens with one attached hydrogen (secondary N) is 2. The predicted molar refractivity (Wildman–Crippen MR) is 127 cm³/mol. The molecular weight excluding hydrogens is 392 g/mol. The first-order chi connectivity index (χ1) is 14.5. The molecule has 0 atom stereocenters. The van der Waals surface area contributed by atoms with Crippen LogP contribution in [0.3, 0.4) is 0 Å². The van der Waals surface area contributed by atoms with Crippen molar-refractivity contribution in [2.75, 3.05) is 34.2 Å². The van der Waals surface area contributed by atoms with Gasteiger partial charge >= 0.3 is 0 Å². The van der Waals surface area contributed by atoms with Crippen LogP contribution in [0.2, 0.25) is 0 Å². The second kappa shape index (κ2) is 10.6. The van der Waals surface area contributed by atoms with E-state index in [1.165, 1.54) is 37.0 Å². The Hall–Kier alpha value is -2.34. The van der Waals surface area contributed by atoms with Crippen molar-refractivity contribution in [2.24, 2.45) is 4.99 Å². The molecule has 0 saturated heterocycles. The van der Waals surface area contributed by atoms with Crippen LogP contribution in [-0.2, 0) is 11.8 Å². The third kappa shape index (κ3) is 5.63. The van der Waals surface area contributed by atoms with Gasteiger partial charge in [-0.15, -0.1) is 11.3 Å². The topological polar surface area (TPSA) is 56.7 Å². The van der Waals surface area contributed by atoms with Crippen molar-refractivity contribution in [1.29, 1.82) is 0 Å². The molecular formula is C24H34N4OS. The van der Waals surface area contributed by atoms with Gasteiger partial charge in [0.15, 0.2) is 5.96 Å². The van der Waals surface area contributed by atoms with Crippen molar-refractivity contribution < 1.29 is 4.79 Å². The second-order valence-electron chi connectivity index (χ2n) is 8.32. The molecule has 2 aromatic rings. The first-order valence-corrected chi connectivity index (χ1v) is 11.7. The molecule has 1 amide bonds. The Labute approximate surface area is 184 Å². The van der Waals surface area contributed by atoms with Gasteiger partial charge in [-0.05, 0) is 48.4 Å². The van der Waals surface area contributed by atoms with Gasteiger partial charge < -0.3 is 15.5 Å². The van der Waals surface area contributed by atoms with Crippen molar-refractivity contribution in [3.05, 3.63) is 57.8 Å². The molecule has 6 heteroatoms. The highest BCUT2D eigenvalue weighted by Gasteiger charge is 2.34. The van der Waals surface area contributed by atoms with Crippen LogP contribution in [0.15, 0.2) is 46.8 Å². The average Bonchev–Trinajstić information content (AvgIpc) is 3.32. The normalized spacial score (nSPS) is 16.2. The van der Waals surface area contributed by atoms with Crippen LogP contribution < -0.4 is 10.6 Å². The van der Waals surface area contributed by atoms with E-state index in [1.54, 1.807) is 19.0 Å². The maximum Gasteiger partial charge on any atom is 0.253 e. The molecule has 0 unspecified atom stereocenters. The summed E-state index contributed by atoms with van der Waals surface area (Å²) in [7, 11) is 5.38. The van der Waals surface area contributed by atoms with E-state index in [1.807, 2.05) is 36.6 Å². The summed E-state index contributed by atoms with van der Waals surface area (Å²) in [5.41, 5.74) is 2.11. The summed E-state index contributed by atoms with van der Waals surface area (Å²) in [6.45, 7) is 1.69. The van der Waals surface area contributed by atoms with Gasteiger partial charge in [0.1, 0.15) is 0 Å². The average molecular weight is 427 g/mol. The molecule has 1 saturated carbocycles. The number of carbonyl (C=O) groups excluding carboxylic acids is 1. The summed E-state index contributed by atoms with van der Waals surface area (Å²) in [5, 5.41) is 9.21. The van der Waals surface area contributed by atoms with Gasteiger partial charge in [-0.3, -0.25) is 9.79 Å². The number of hydrogen-bond donors (Lipinski definition) is 2. The monoisotopic (exact) mass is 426 g/mol. The Morgan fingerprint density at radius 2 is 1.93 bits per heavy atom. The fourth-order valence-electron chi connectivity index (χ4n) is 4.24. The van der Waals surface area contributed by atoms with Crippen LogP contribution >= 0.6 is 11.3 Å². The van der Waals surface area contributed by atoms with Gasteiger partial charge in [-0.25, -0.2) is 0 Å². The zero-order valence-electron chi connectivity index (χ0n) is 18.4. The highest BCUT2D eigenvalue weighted by Crippen LogP contribution is 2.41. The fraction of sp³-hybridized carbons (Fsp3) is 0.500. The first-order valence-electron chi connectivity index (χ1n) is 10.8. The lowest BCUT2D eigenvalue weighted by atomic mass is 9.73. The molecule has 0 bridgehead atoms. The highest BCUT2D eigenvalue weighted by molar-refractivity contribution is 7.10. The molecule has 0 radical (unpaired) electrons. The quantitative estimate of drug-likeness (QED) is 0.519. The van der Waals surface area contributed by atoms with E-state index in [-0.39, 0.29) is 11.3 Å². The summed E-state index contributed by atoms with van der Waals surface area (Å²) in [6.07, 6.45) is 7.26. The van der Waals surface area contributed by atoms with E-state index in [4.69, 9.17) is 0 Å². The number of hydrogen-bond acceptors (Lipinski definition) is 3. The molecule has 0 aliphatic heterocycles. The lowest BCUT2D eigenvalue weighted by Crippen LogP contribution is -2.46. The Balaban J connectivity index is 1.54. The third-order valence-electron chi connectivity index (χ3n) is 5.96. The lowest BCUT2D eigenvalue weighted by Gasteiger charge is -2.37. The second-order valence-corrected chi connectivity index (χ2v) is 9.27. The predicted octanol–water partition coefficient (Wildman–Crippen LogP) is 4.06. The maximum atomic E-state index is 12.2. The van der Waals surface area contributed by atoms with E-state index in [9.17, 15) is 4.79 Å². The van der Waals surface area contributed by atoms with Crippen LogP contribution in [0.4, 0.5) is 0 Å². The van der Waals surface area contributed by atoms with Crippen LogP contribution in [0.25, 0.3) is 0 Å². The maximum absolute atomic E-state index is 12.2. The number of aliphatic imine (C=N–C) groups is 1. The third-order valence-corrected chi connectivity index (χ3v) is 7.07. The summed E-state index contributed by atoms with van der Waals surface area (Å²) >= 11 is 1.88. The van der Waals surface area contributed by atoms with Crippen LogP contribution in [0.1, 0.15) is 52.9 Å². The summed E-state index contributed by atoms with van der Waals surface area (Å²) in [5.74, 6) is 0.880. The van der Waals surface area contributed by atoms with Crippen molar-refractivity contribution in [1.82, 2.24) is 15.5 Å². The first kappa shape index (κ1) is 22.3. The Kier molecular flexibility index (Phi) is 7.91. The Morgan fingerprint density at radius 1 is 1.13 bits per heavy atom. The van der Waals surface area contributed by atoms with Crippen LogP contribution in [-0.4, -0.2) is 51.0 Å². The van der Waals surface area contributed by atoms with Crippen LogP contribution in [0, 0.1) is 0 Å². The molecule has 1 aliphatic carbocycles. The number of rotatable bonds is 7. The molecule has 0 spiro atoms. The number of carbonyl (C=O) groups is 1. The molecule has 1 aromatic carbocycles. The van der Waals surface area contributed by atoms with Crippen molar-refractivity contribution in [3.8, 4) is 0 Å². The molecule has 1 aliphatic rings. The van der Waals surface area contributed by atoms with Gasteiger partial charge in [-0.1, -0.05) is 37.5 Å². The van der Waals surface area contributed by atoms with Gasteiger partial charge in [0.2, 0.25) is 0 Å². The van der Waals surface area contributed by atoms with Gasteiger partial charge in [0.05, 0.1) is 0 Å². The molecule has 1 heterocycles. The Morgan fingerprint density at radius 3 is 2.60 bits per heavy atom. The van der Waals surface area contributed by atoms with E-state index in [2.05, 4.69) is 39.2 Å². The molecule has 30 heavy (non-hydrogen) atoms. The zero-order chi connectivity index (χ0) is 21.4. The Bertz CT molecular complexity index is 839. The molecule has 3 rings (SSSR count). The summed E-state index contributed by atoms with van der Waals surface area (Å²) in [6, 6.07) is 12.3. The van der Waals surface area contributed by atoms with E-state index < -0.39 is 0 Å². The van der Waals surface area contributed by atoms with Crippen molar-refractivity contribution in [2.45, 2.75) is 43.9 Å². The van der Waals surface area contributed by atoms with E-state index >= 15 is 0 Å². The van der Waals surface area contributed by atoms with E-state index in [0.717, 1.165) is 36.6 Å². The molecule has 2 N–H and O–H groups in total. The minimum Gasteiger partial charge on any atom is -0.356 e. The number of benzene rings is 1. The highest BCUT2D eigenvalue weighted by atomic mass is 32.1. The van der Waals surface area contributed by atoms with Gasteiger partial charge in [0, 0.05) is 50.1 Å². The van der Waals surface area contributed by atoms with Gasteiger partial charge in [-0.2, -0.15) is 0 Å². The van der Waals surface area contributed by atoms with Crippen LogP contribution in [0.5, 0.6) is 0 Å². The van der Waals surface area contributed by atoms with Gasteiger partial charge in [0.25, 0.3) is 5.91 Å². The fourth-order valence-corrected chi connectivity index (χ4v) is 5.22. The van der Waals surface area contributed by atoms with E-state index in [0.29, 0.717) is 0 Å². The lowest BCUT2D eigenvalue weighted by molar-refractivity contribution is 0.0827. The summed E-state index contributed by atoms with van der Waals surface area (Å²) in [4.78, 5) is 19.7. The zero-order valence-corrected chi connectivity index (χ0v) is 19.2. The number of thiophene rings is 1. The SMILES string of the molecule is CN=C(NCCc1cccc(C(=O)N(C)C)c1)NCC1(c2cccs2)CCCCC1. The number of nitrogens with zero attached hydrogens (tertiary/aromatic N) is 2. The molecule has 5 nitrogen and oxygen atoms in total. The standard InChI is InChI=1S/C24H34N4OS/c1-25-23(26-15-12-19-9-7-10-20(17-19)22(29)28(2)3)27-18-24(13-5-4-6-14-24)21-11-8-16-30-21/h7-11,16-17H,4-6,12-15,18H2,1-3H3,(H2,25,26,27).